The van der Waals surface area contributed by atoms with Crippen molar-refractivity contribution in [1.29, 1.82) is 0 Å². The lowest BCUT2D eigenvalue weighted by Crippen LogP contribution is -2.31. The Morgan fingerprint density at radius 2 is 1.89 bits per heavy atom. The molecule has 0 amide bonds. The topological polar surface area (TPSA) is 30.5 Å². The second-order valence-electron chi connectivity index (χ2n) is 4.60. The van der Waals surface area contributed by atoms with Gasteiger partial charge in [-0.3, -0.25) is 0 Å². The van der Waals surface area contributed by atoms with E-state index in [2.05, 4.69) is 30.4 Å². The smallest absolute Gasteiger partial charge is 0.127 e. The van der Waals surface area contributed by atoms with Gasteiger partial charge in [0, 0.05) is 25.6 Å². The molecule has 3 heteroatoms. The molecule has 3 nitrogen and oxygen atoms in total. The molecule has 102 valence electrons. The fourth-order valence-corrected chi connectivity index (χ4v) is 2.04. The third-order valence-electron chi connectivity index (χ3n) is 2.99. The highest BCUT2D eigenvalue weighted by molar-refractivity contribution is 5.88. The highest BCUT2D eigenvalue weighted by Crippen LogP contribution is 2.25. The Hall–Kier alpha value is -1.58. The molecule has 2 aromatic rings. The first-order chi connectivity index (χ1) is 9.31. The standard InChI is InChI=1S/C16H21NO2/c1-13(12-17-10-11-18-2)19-16-9-5-7-14-6-3-4-8-15(14)16/h3-9,13,17H,10-12H2,1-2H3. The molecule has 0 heterocycles. The quantitative estimate of drug-likeness (QED) is 0.776. The van der Waals surface area contributed by atoms with Crippen LogP contribution in [0.15, 0.2) is 42.5 Å². The number of hydrogen-bond donors (Lipinski definition) is 1. The van der Waals surface area contributed by atoms with E-state index >= 15 is 0 Å². The zero-order valence-corrected chi connectivity index (χ0v) is 11.6. The molecular weight excluding hydrogens is 238 g/mol. The van der Waals surface area contributed by atoms with E-state index in [1.165, 1.54) is 5.39 Å². The average Bonchev–Trinajstić information content (AvgIpc) is 2.44. The van der Waals surface area contributed by atoms with Gasteiger partial charge in [-0.2, -0.15) is 0 Å². The van der Waals surface area contributed by atoms with E-state index in [0.717, 1.165) is 30.8 Å². The van der Waals surface area contributed by atoms with Crippen LogP contribution in [0.2, 0.25) is 0 Å². The maximum Gasteiger partial charge on any atom is 0.127 e. The van der Waals surface area contributed by atoms with Crippen LogP contribution in [-0.4, -0.2) is 32.9 Å². The lowest BCUT2D eigenvalue weighted by atomic mass is 10.1. The Balaban J connectivity index is 1.97. The Kier molecular flexibility index (Phi) is 5.19. The number of fused-ring (bicyclic) bond motifs is 1. The van der Waals surface area contributed by atoms with Gasteiger partial charge >= 0.3 is 0 Å². The van der Waals surface area contributed by atoms with Crippen LogP contribution in [0.25, 0.3) is 10.8 Å². The van der Waals surface area contributed by atoms with E-state index < -0.39 is 0 Å². The van der Waals surface area contributed by atoms with Crippen LogP contribution < -0.4 is 10.1 Å². The van der Waals surface area contributed by atoms with Crippen molar-refractivity contribution in [3.8, 4) is 5.75 Å². The minimum Gasteiger partial charge on any atom is -0.489 e. The number of methoxy groups -OCH3 is 1. The molecule has 2 aromatic carbocycles. The van der Waals surface area contributed by atoms with Crippen LogP contribution in [0.3, 0.4) is 0 Å². The Labute approximate surface area is 114 Å². The summed E-state index contributed by atoms with van der Waals surface area (Å²) in [5.74, 6) is 0.944. The van der Waals surface area contributed by atoms with E-state index in [-0.39, 0.29) is 6.10 Å². The SMILES string of the molecule is COCCNCC(C)Oc1cccc2ccccc12. The van der Waals surface area contributed by atoms with Crippen molar-refractivity contribution in [3.63, 3.8) is 0 Å². The minimum absolute atomic E-state index is 0.127. The molecule has 0 saturated carbocycles. The molecule has 2 rings (SSSR count). The van der Waals surface area contributed by atoms with E-state index in [1.807, 2.05) is 24.3 Å². The van der Waals surface area contributed by atoms with Gasteiger partial charge in [0.15, 0.2) is 0 Å². The molecule has 0 radical (unpaired) electrons. The molecule has 0 aliphatic heterocycles. The molecule has 1 N–H and O–H groups in total. The van der Waals surface area contributed by atoms with Crippen molar-refractivity contribution in [2.45, 2.75) is 13.0 Å². The molecule has 0 aliphatic rings. The largest absolute Gasteiger partial charge is 0.489 e. The lowest BCUT2D eigenvalue weighted by molar-refractivity contribution is 0.185. The summed E-state index contributed by atoms with van der Waals surface area (Å²) in [7, 11) is 1.71. The highest BCUT2D eigenvalue weighted by Gasteiger charge is 2.06. The van der Waals surface area contributed by atoms with E-state index in [0.29, 0.717) is 0 Å². The number of rotatable bonds is 7. The van der Waals surface area contributed by atoms with Crippen LogP contribution in [0, 0.1) is 0 Å². The molecule has 19 heavy (non-hydrogen) atoms. The first-order valence-electron chi connectivity index (χ1n) is 6.65. The number of ether oxygens (including phenoxy) is 2. The molecule has 0 aromatic heterocycles. The zero-order valence-electron chi connectivity index (χ0n) is 11.6. The maximum atomic E-state index is 6.00. The molecule has 1 atom stereocenters. The zero-order chi connectivity index (χ0) is 13.5. The van der Waals surface area contributed by atoms with Gasteiger partial charge in [0.2, 0.25) is 0 Å². The third-order valence-corrected chi connectivity index (χ3v) is 2.99. The Bertz CT molecular complexity index is 508. The molecule has 0 aliphatic carbocycles. The molecular formula is C16H21NO2. The fraction of sp³-hybridized carbons (Fsp3) is 0.375. The number of hydrogen-bond acceptors (Lipinski definition) is 3. The van der Waals surface area contributed by atoms with Gasteiger partial charge in [-0.15, -0.1) is 0 Å². The molecule has 0 spiro atoms. The summed E-state index contributed by atoms with van der Waals surface area (Å²) in [6, 6.07) is 14.4. The summed E-state index contributed by atoms with van der Waals surface area (Å²) in [5.41, 5.74) is 0. The van der Waals surface area contributed by atoms with E-state index in [1.54, 1.807) is 7.11 Å². The van der Waals surface area contributed by atoms with Crippen LogP contribution >= 0.6 is 0 Å². The van der Waals surface area contributed by atoms with E-state index in [4.69, 9.17) is 9.47 Å². The number of benzene rings is 2. The molecule has 0 saturated heterocycles. The van der Waals surface area contributed by atoms with Gasteiger partial charge in [0.1, 0.15) is 11.9 Å². The molecule has 1 unspecified atom stereocenters. The summed E-state index contributed by atoms with van der Waals surface area (Å²) in [6.07, 6.45) is 0.127. The molecule has 0 fully saturated rings. The van der Waals surface area contributed by atoms with Crippen molar-refractivity contribution in [2.75, 3.05) is 26.8 Å². The predicted molar refractivity (Wildman–Crippen MR) is 78.8 cm³/mol. The van der Waals surface area contributed by atoms with Crippen molar-refractivity contribution < 1.29 is 9.47 Å². The first kappa shape index (κ1) is 13.8. The van der Waals surface area contributed by atoms with Crippen LogP contribution in [-0.2, 0) is 4.74 Å². The van der Waals surface area contributed by atoms with Gasteiger partial charge in [-0.25, -0.2) is 0 Å². The van der Waals surface area contributed by atoms with Gasteiger partial charge < -0.3 is 14.8 Å². The first-order valence-corrected chi connectivity index (χ1v) is 6.65. The summed E-state index contributed by atoms with van der Waals surface area (Å²) in [6.45, 7) is 4.45. The predicted octanol–water partition coefficient (Wildman–Crippen LogP) is 2.84. The average molecular weight is 259 g/mol. The Morgan fingerprint density at radius 1 is 1.11 bits per heavy atom. The minimum atomic E-state index is 0.127. The monoisotopic (exact) mass is 259 g/mol. The normalized spacial score (nSPS) is 12.5. The van der Waals surface area contributed by atoms with Crippen molar-refractivity contribution in [3.05, 3.63) is 42.5 Å². The maximum absolute atomic E-state index is 6.00. The highest BCUT2D eigenvalue weighted by atomic mass is 16.5. The summed E-state index contributed by atoms with van der Waals surface area (Å²) in [5, 5.41) is 5.67. The van der Waals surface area contributed by atoms with Crippen molar-refractivity contribution >= 4 is 10.8 Å². The second kappa shape index (κ2) is 7.12. The molecule has 0 bridgehead atoms. The van der Waals surface area contributed by atoms with Crippen LogP contribution in [0.5, 0.6) is 5.75 Å². The Morgan fingerprint density at radius 3 is 2.74 bits per heavy atom. The number of nitrogens with one attached hydrogen (secondary N) is 1. The van der Waals surface area contributed by atoms with Gasteiger partial charge in [0.25, 0.3) is 0 Å². The summed E-state index contributed by atoms with van der Waals surface area (Å²) >= 11 is 0. The van der Waals surface area contributed by atoms with Crippen molar-refractivity contribution in [2.24, 2.45) is 0 Å². The van der Waals surface area contributed by atoms with Gasteiger partial charge in [-0.05, 0) is 18.4 Å². The summed E-state index contributed by atoms with van der Waals surface area (Å²) < 4.78 is 11.0. The van der Waals surface area contributed by atoms with Crippen molar-refractivity contribution in [1.82, 2.24) is 5.32 Å². The fourth-order valence-electron chi connectivity index (χ4n) is 2.04. The van der Waals surface area contributed by atoms with E-state index in [9.17, 15) is 0 Å². The summed E-state index contributed by atoms with van der Waals surface area (Å²) in [4.78, 5) is 0. The van der Waals surface area contributed by atoms with Crippen LogP contribution in [0.4, 0.5) is 0 Å². The second-order valence-corrected chi connectivity index (χ2v) is 4.60. The van der Waals surface area contributed by atoms with Gasteiger partial charge in [-0.1, -0.05) is 36.4 Å². The van der Waals surface area contributed by atoms with Crippen LogP contribution in [0.1, 0.15) is 6.92 Å². The lowest BCUT2D eigenvalue weighted by Gasteiger charge is -2.17. The third kappa shape index (κ3) is 3.94. The van der Waals surface area contributed by atoms with Gasteiger partial charge in [0.05, 0.1) is 6.61 Å².